The normalized spacial score (nSPS) is 10.5. The van der Waals surface area contributed by atoms with Crippen LogP contribution >= 0.6 is 0 Å². The quantitative estimate of drug-likeness (QED) is 0.539. The number of nitrogens with zero attached hydrogens (tertiary/aromatic N) is 3. The van der Waals surface area contributed by atoms with Crippen LogP contribution in [0.15, 0.2) is 17.0 Å². The minimum atomic E-state index is 0.688. The SMILES string of the molecule is Cc1nncc2ocnc12. The lowest BCUT2D eigenvalue weighted by atomic mass is 10.4. The number of rotatable bonds is 0. The van der Waals surface area contributed by atoms with Gasteiger partial charge in [0.1, 0.15) is 5.52 Å². The van der Waals surface area contributed by atoms with Crippen LogP contribution in [0.1, 0.15) is 5.69 Å². The Kier molecular flexibility index (Phi) is 0.943. The fourth-order valence-corrected chi connectivity index (χ4v) is 0.834. The first-order valence-electron chi connectivity index (χ1n) is 2.89. The van der Waals surface area contributed by atoms with Gasteiger partial charge in [-0.15, -0.1) is 0 Å². The number of hydrogen-bond donors (Lipinski definition) is 0. The second kappa shape index (κ2) is 1.76. The minimum absolute atomic E-state index is 0.688. The summed E-state index contributed by atoms with van der Waals surface area (Å²) in [6.45, 7) is 1.85. The predicted molar refractivity (Wildman–Crippen MR) is 34.3 cm³/mol. The van der Waals surface area contributed by atoms with E-state index in [1.165, 1.54) is 6.39 Å². The zero-order chi connectivity index (χ0) is 6.97. The number of aryl methyl sites for hydroxylation is 1. The number of oxazole rings is 1. The molecule has 50 valence electrons. The first-order valence-corrected chi connectivity index (χ1v) is 2.89. The van der Waals surface area contributed by atoms with Gasteiger partial charge in [-0.3, -0.25) is 0 Å². The summed E-state index contributed by atoms with van der Waals surface area (Å²) in [7, 11) is 0. The lowest BCUT2D eigenvalue weighted by Gasteiger charge is -1.86. The molecule has 2 aromatic rings. The molecular formula is C6H5N3O. The van der Waals surface area contributed by atoms with Crippen molar-refractivity contribution in [3.8, 4) is 0 Å². The van der Waals surface area contributed by atoms with E-state index in [0.29, 0.717) is 5.58 Å². The highest BCUT2D eigenvalue weighted by Crippen LogP contribution is 2.10. The fraction of sp³-hybridized carbons (Fsp3) is 0.167. The van der Waals surface area contributed by atoms with Gasteiger partial charge in [0, 0.05) is 0 Å². The van der Waals surface area contributed by atoms with Crippen molar-refractivity contribution in [1.29, 1.82) is 0 Å². The van der Waals surface area contributed by atoms with Crippen LogP contribution in [0.3, 0.4) is 0 Å². The summed E-state index contributed by atoms with van der Waals surface area (Å²) in [6.07, 6.45) is 2.94. The van der Waals surface area contributed by atoms with Crippen molar-refractivity contribution in [2.24, 2.45) is 0 Å². The van der Waals surface area contributed by atoms with E-state index in [0.717, 1.165) is 11.2 Å². The minimum Gasteiger partial charge on any atom is -0.442 e. The van der Waals surface area contributed by atoms with Crippen LogP contribution in [0.2, 0.25) is 0 Å². The van der Waals surface area contributed by atoms with Crippen LogP contribution in [-0.2, 0) is 0 Å². The molecule has 0 aliphatic rings. The van der Waals surface area contributed by atoms with Crippen molar-refractivity contribution in [3.63, 3.8) is 0 Å². The van der Waals surface area contributed by atoms with Gasteiger partial charge >= 0.3 is 0 Å². The summed E-state index contributed by atoms with van der Waals surface area (Å²) in [5.74, 6) is 0. The van der Waals surface area contributed by atoms with Crippen molar-refractivity contribution in [3.05, 3.63) is 18.3 Å². The molecular weight excluding hydrogens is 130 g/mol. The largest absolute Gasteiger partial charge is 0.442 e. The summed E-state index contributed by atoms with van der Waals surface area (Å²) >= 11 is 0. The maximum Gasteiger partial charge on any atom is 0.182 e. The third-order valence-electron chi connectivity index (χ3n) is 1.32. The fourth-order valence-electron chi connectivity index (χ4n) is 0.834. The van der Waals surface area contributed by atoms with Crippen molar-refractivity contribution in [2.75, 3.05) is 0 Å². The molecule has 0 atom stereocenters. The summed E-state index contributed by atoms with van der Waals surface area (Å²) in [6, 6.07) is 0. The molecule has 2 aromatic heterocycles. The number of fused-ring (bicyclic) bond motifs is 1. The zero-order valence-corrected chi connectivity index (χ0v) is 5.40. The standard InChI is InChI=1S/C6H5N3O/c1-4-6-5(2-8-9-4)10-3-7-6/h2-3H,1H3. The van der Waals surface area contributed by atoms with E-state index in [1.807, 2.05) is 6.92 Å². The Morgan fingerprint density at radius 1 is 1.50 bits per heavy atom. The molecule has 4 nitrogen and oxygen atoms in total. The van der Waals surface area contributed by atoms with Gasteiger partial charge in [-0.2, -0.15) is 10.2 Å². The molecule has 2 heterocycles. The molecule has 0 aliphatic carbocycles. The molecule has 0 amide bonds. The zero-order valence-electron chi connectivity index (χ0n) is 5.40. The van der Waals surface area contributed by atoms with Crippen LogP contribution in [0.25, 0.3) is 11.1 Å². The van der Waals surface area contributed by atoms with Gasteiger partial charge in [0.25, 0.3) is 0 Å². The number of hydrogen-bond acceptors (Lipinski definition) is 4. The molecule has 2 rings (SSSR count). The van der Waals surface area contributed by atoms with Gasteiger partial charge in [-0.05, 0) is 6.92 Å². The van der Waals surface area contributed by atoms with E-state index in [2.05, 4.69) is 15.2 Å². The second-order valence-electron chi connectivity index (χ2n) is 2.00. The van der Waals surface area contributed by atoms with Crippen LogP contribution in [0, 0.1) is 6.92 Å². The van der Waals surface area contributed by atoms with Crippen molar-refractivity contribution >= 4 is 11.1 Å². The van der Waals surface area contributed by atoms with E-state index in [9.17, 15) is 0 Å². The molecule has 0 aromatic carbocycles. The summed E-state index contributed by atoms with van der Waals surface area (Å²) < 4.78 is 4.99. The molecule has 0 unspecified atom stereocenters. The molecule has 0 radical (unpaired) electrons. The molecule has 0 N–H and O–H groups in total. The summed E-state index contributed by atoms with van der Waals surface area (Å²) in [5, 5.41) is 7.51. The Labute approximate surface area is 56.9 Å². The van der Waals surface area contributed by atoms with E-state index in [4.69, 9.17) is 4.42 Å². The maximum atomic E-state index is 4.99. The second-order valence-corrected chi connectivity index (χ2v) is 2.00. The summed E-state index contributed by atoms with van der Waals surface area (Å²) in [4.78, 5) is 3.95. The van der Waals surface area contributed by atoms with Gasteiger partial charge in [0.05, 0.1) is 11.9 Å². The molecule has 0 spiro atoms. The average Bonchev–Trinajstić information content (AvgIpc) is 2.36. The van der Waals surface area contributed by atoms with Crippen LogP contribution in [-0.4, -0.2) is 15.2 Å². The van der Waals surface area contributed by atoms with Crippen molar-refractivity contribution < 1.29 is 4.42 Å². The van der Waals surface area contributed by atoms with Gasteiger partial charge < -0.3 is 4.42 Å². The van der Waals surface area contributed by atoms with Crippen LogP contribution in [0.4, 0.5) is 0 Å². The predicted octanol–water partition coefficient (Wildman–Crippen LogP) is 0.926. The van der Waals surface area contributed by atoms with Crippen molar-refractivity contribution in [1.82, 2.24) is 15.2 Å². The molecule has 0 bridgehead atoms. The van der Waals surface area contributed by atoms with E-state index in [1.54, 1.807) is 6.20 Å². The molecule has 0 saturated carbocycles. The van der Waals surface area contributed by atoms with E-state index >= 15 is 0 Å². The molecule has 0 saturated heterocycles. The lowest BCUT2D eigenvalue weighted by molar-refractivity contribution is 0.600. The number of aromatic nitrogens is 3. The van der Waals surface area contributed by atoms with E-state index in [-0.39, 0.29) is 0 Å². The Bertz CT molecular complexity index is 355. The molecule has 10 heavy (non-hydrogen) atoms. The Morgan fingerprint density at radius 2 is 2.40 bits per heavy atom. The first kappa shape index (κ1) is 5.34. The Balaban J connectivity index is 2.95. The smallest absolute Gasteiger partial charge is 0.182 e. The maximum absolute atomic E-state index is 4.99. The third kappa shape index (κ3) is 0.586. The monoisotopic (exact) mass is 135 g/mol. The van der Waals surface area contributed by atoms with Crippen molar-refractivity contribution in [2.45, 2.75) is 6.92 Å². The topological polar surface area (TPSA) is 51.8 Å². The van der Waals surface area contributed by atoms with Gasteiger partial charge in [-0.1, -0.05) is 0 Å². The van der Waals surface area contributed by atoms with Crippen LogP contribution < -0.4 is 0 Å². The first-order chi connectivity index (χ1) is 4.88. The molecule has 4 heteroatoms. The van der Waals surface area contributed by atoms with Gasteiger partial charge in [0.15, 0.2) is 12.0 Å². The summed E-state index contributed by atoms with van der Waals surface area (Å²) in [5.41, 5.74) is 2.27. The van der Waals surface area contributed by atoms with Gasteiger partial charge in [-0.25, -0.2) is 4.98 Å². The average molecular weight is 135 g/mol. The molecule has 0 aliphatic heterocycles. The lowest BCUT2D eigenvalue weighted by Crippen LogP contribution is -1.85. The highest BCUT2D eigenvalue weighted by molar-refractivity contribution is 5.72. The molecule has 0 fully saturated rings. The Hall–Kier alpha value is -1.45. The van der Waals surface area contributed by atoms with Crippen LogP contribution in [0.5, 0.6) is 0 Å². The van der Waals surface area contributed by atoms with Gasteiger partial charge in [0.2, 0.25) is 0 Å². The Morgan fingerprint density at radius 3 is 3.20 bits per heavy atom. The highest BCUT2D eigenvalue weighted by atomic mass is 16.3. The third-order valence-corrected chi connectivity index (χ3v) is 1.32. The van der Waals surface area contributed by atoms with E-state index < -0.39 is 0 Å². The highest BCUT2D eigenvalue weighted by Gasteiger charge is 2.00.